The Bertz CT molecular complexity index is 813. The van der Waals surface area contributed by atoms with Gasteiger partial charge < -0.3 is 10.1 Å². The molecule has 3 aromatic rings. The molecule has 0 bridgehead atoms. The maximum atomic E-state index is 12.9. The Labute approximate surface area is 134 Å². The van der Waals surface area contributed by atoms with Crippen molar-refractivity contribution in [3.8, 4) is 11.5 Å². The van der Waals surface area contributed by atoms with Crippen molar-refractivity contribution in [1.82, 2.24) is 0 Å². The van der Waals surface area contributed by atoms with E-state index in [1.165, 1.54) is 0 Å². The molecule has 3 heteroatoms. The number of benzene rings is 3. The van der Waals surface area contributed by atoms with E-state index in [-0.39, 0.29) is 11.8 Å². The van der Waals surface area contributed by atoms with Crippen LogP contribution in [0.1, 0.15) is 17.0 Å². The predicted octanol–water partition coefficient (Wildman–Crippen LogP) is 4.56. The molecule has 112 valence electrons. The predicted molar refractivity (Wildman–Crippen MR) is 89.9 cm³/mol. The topological polar surface area (TPSA) is 38.3 Å². The lowest BCUT2D eigenvalue weighted by molar-refractivity contribution is -0.116. The van der Waals surface area contributed by atoms with Crippen LogP contribution in [0, 0.1) is 0 Å². The van der Waals surface area contributed by atoms with E-state index in [0.717, 1.165) is 28.3 Å². The zero-order valence-electron chi connectivity index (χ0n) is 12.4. The van der Waals surface area contributed by atoms with Crippen molar-refractivity contribution in [3.63, 3.8) is 0 Å². The van der Waals surface area contributed by atoms with Crippen LogP contribution in [-0.4, -0.2) is 5.91 Å². The molecule has 0 saturated carbocycles. The minimum Gasteiger partial charge on any atom is -0.457 e. The van der Waals surface area contributed by atoms with Gasteiger partial charge in [-0.3, -0.25) is 4.79 Å². The summed E-state index contributed by atoms with van der Waals surface area (Å²) in [6, 6.07) is 24.9. The third-order valence-electron chi connectivity index (χ3n) is 3.98. The molecule has 4 rings (SSSR count). The molecular weight excluding hydrogens is 286 g/mol. The molecule has 1 aliphatic rings. The smallest absolute Gasteiger partial charge is 0.236 e. The van der Waals surface area contributed by atoms with E-state index in [4.69, 9.17) is 4.74 Å². The second kappa shape index (κ2) is 5.61. The maximum Gasteiger partial charge on any atom is 0.236 e. The number of nitrogens with one attached hydrogen (secondary N) is 1. The van der Waals surface area contributed by atoms with E-state index >= 15 is 0 Å². The fourth-order valence-electron chi connectivity index (χ4n) is 2.93. The highest BCUT2D eigenvalue weighted by Gasteiger charge is 2.32. The first-order chi connectivity index (χ1) is 11.3. The van der Waals surface area contributed by atoms with E-state index in [9.17, 15) is 4.79 Å². The molecule has 0 aliphatic carbocycles. The molecule has 0 atom stereocenters. The van der Waals surface area contributed by atoms with Gasteiger partial charge in [0.05, 0.1) is 5.92 Å². The first-order valence-electron chi connectivity index (χ1n) is 7.54. The molecule has 1 aliphatic heterocycles. The summed E-state index contributed by atoms with van der Waals surface area (Å²) in [6.45, 7) is 0. The summed E-state index contributed by atoms with van der Waals surface area (Å²) in [4.78, 5) is 12.9. The van der Waals surface area contributed by atoms with E-state index < -0.39 is 0 Å². The molecule has 0 spiro atoms. The fraction of sp³-hybridized carbons (Fsp3) is 0.0500. The largest absolute Gasteiger partial charge is 0.457 e. The molecule has 0 unspecified atom stereocenters. The average molecular weight is 301 g/mol. The number of hydrogen-bond acceptors (Lipinski definition) is 2. The highest BCUT2D eigenvalue weighted by molar-refractivity contribution is 5.99. The van der Waals surface area contributed by atoms with Crippen LogP contribution in [0.5, 0.6) is 11.5 Å². The van der Waals surface area contributed by atoms with Crippen LogP contribution in [0.3, 0.4) is 0 Å². The highest BCUT2D eigenvalue weighted by atomic mass is 16.5. The quantitative estimate of drug-likeness (QED) is 0.753. The molecule has 0 radical (unpaired) electrons. The summed E-state index contributed by atoms with van der Waals surface area (Å²) in [7, 11) is 0. The van der Waals surface area contributed by atoms with Gasteiger partial charge in [0.2, 0.25) is 5.91 Å². The summed E-state index contributed by atoms with van der Waals surface area (Å²) >= 11 is 0. The summed E-state index contributed by atoms with van der Waals surface area (Å²) in [5.74, 6) is 1.04. The fourth-order valence-corrected chi connectivity index (χ4v) is 2.93. The monoisotopic (exact) mass is 301 g/mol. The third kappa shape index (κ3) is 2.46. The second-order valence-corrected chi connectivity index (χ2v) is 5.47. The van der Waals surface area contributed by atoms with E-state index in [2.05, 4.69) is 5.32 Å². The van der Waals surface area contributed by atoms with Crippen molar-refractivity contribution in [3.05, 3.63) is 90.0 Å². The SMILES string of the molecule is O=C(Nc1ccccc1)C1c2ccccc2Oc2ccccc21. The van der Waals surface area contributed by atoms with Gasteiger partial charge in [0.1, 0.15) is 11.5 Å². The first kappa shape index (κ1) is 13.6. The van der Waals surface area contributed by atoms with Crippen LogP contribution < -0.4 is 10.1 Å². The minimum absolute atomic E-state index is 0.0561. The number of para-hydroxylation sites is 3. The van der Waals surface area contributed by atoms with Gasteiger partial charge in [-0.1, -0.05) is 54.6 Å². The molecule has 23 heavy (non-hydrogen) atoms. The standard InChI is InChI=1S/C20H15NO2/c22-20(21-14-8-2-1-3-9-14)19-15-10-4-6-12-17(15)23-18-13-7-5-11-16(18)19/h1-13,19H,(H,21,22). The number of carbonyl (C=O) groups excluding carboxylic acids is 1. The third-order valence-corrected chi connectivity index (χ3v) is 3.98. The number of hydrogen-bond donors (Lipinski definition) is 1. The van der Waals surface area contributed by atoms with Gasteiger partial charge >= 0.3 is 0 Å². The Hall–Kier alpha value is -3.07. The van der Waals surface area contributed by atoms with Gasteiger partial charge in [0.15, 0.2) is 0 Å². The normalized spacial score (nSPS) is 12.7. The second-order valence-electron chi connectivity index (χ2n) is 5.47. The van der Waals surface area contributed by atoms with Crippen molar-refractivity contribution in [2.45, 2.75) is 5.92 Å². The maximum absolute atomic E-state index is 12.9. The van der Waals surface area contributed by atoms with E-state index in [0.29, 0.717) is 0 Å². The molecule has 0 aromatic heterocycles. The lowest BCUT2D eigenvalue weighted by Gasteiger charge is -2.27. The van der Waals surface area contributed by atoms with Gasteiger partial charge in [-0.05, 0) is 24.3 Å². The number of amides is 1. The summed E-state index contributed by atoms with van der Waals surface area (Å²) in [6.07, 6.45) is 0. The number of carbonyl (C=O) groups is 1. The highest BCUT2D eigenvalue weighted by Crippen LogP contribution is 2.44. The Kier molecular flexibility index (Phi) is 3.31. The van der Waals surface area contributed by atoms with Crippen LogP contribution in [0.4, 0.5) is 5.69 Å². The Morgan fingerprint density at radius 3 is 1.87 bits per heavy atom. The molecular formula is C20H15NO2. The molecule has 0 saturated heterocycles. The van der Waals surface area contributed by atoms with Crippen molar-refractivity contribution in [2.24, 2.45) is 0 Å². The molecule has 1 amide bonds. The number of fused-ring (bicyclic) bond motifs is 2. The van der Waals surface area contributed by atoms with Gasteiger partial charge in [0, 0.05) is 16.8 Å². The van der Waals surface area contributed by atoms with Crippen LogP contribution in [0.15, 0.2) is 78.9 Å². The molecule has 1 N–H and O–H groups in total. The molecule has 3 nitrogen and oxygen atoms in total. The van der Waals surface area contributed by atoms with Crippen LogP contribution in [0.25, 0.3) is 0 Å². The zero-order valence-corrected chi connectivity index (χ0v) is 12.4. The molecule has 1 heterocycles. The van der Waals surface area contributed by atoms with Crippen molar-refractivity contribution < 1.29 is 9.53 Å². The number of anilines is 1. The van der Waals surface area contributed by atoms with Crippen molar-refractivity contribution >= 4 is 11.6 Å². The Morgan fingerprint density at radius 2 is 1.26 bits per heavy atom. The van der Waals surface area contributed by atoms with Crippen LogP contribution in [-0.2, 0) is 4.79 Å². The average Bonchev–Trinajstić information content (AvgIpc) is 2.60. The summed E-state index contributed by atoms with van der Waals surface area (Å²) < 4.78 is 5.93. The Morgan fingerprint density at radius 1 is 0.739 bits per heavy atom. The van der Waals surface area contributed by atoms with E-state index in [1.54, 1.807) is 0 Å². The van der Waals surface area contributed by atoms with Crippen molar-refractivity contribution in [1.29, 1.82) is 0 Å². The van der Waals surface area contributed by atoms with Crippen LogP contribution >= 0.6 is 0 Å². The molecule has 0 fully saturated rings. The lowest BCUT2D eigenvalue weighted by Crippen LogP contribution is -2.25. The summed E-state index contributed by atoms with van der Waals surface area (Å²) in [5.41, 5.74) is 2.57. The molecule has 3 aromatic carbocycles. The van der Waals surface area contributed by atoms with Gasteiger partial charge in [0.25, 0.3) is 0 Å². The summed E-state index contributed by atoms with van der Waals surface area (Å²) in [5, 5.41) is 3.00. The van der Waals surface area contributed by atoms with E-state index in [1.807, 2.05) is 78.9 Å². The van der Waals surface area contributed by atoms with Gasteiger partial charge in [-0.2, -0.15) is 0 Å². The van der Waals surface area contributed by atoms with Gasteiger partial charge in [-0.15, -0.1) is 0 Å². The first-order valence-corrected chi connectivity index (χ1v) is 7.54. The van der Waals surface area contributed by atoms with Crippen LogP contribution in [0.2, 0.25) is 0 Å². The van der Waals surface area contributed by atoms with Gasteiger partial charge in [-0.25, -0.2) is 0 Å². The number of rotatable bonds is 2. The van der Waals surface area contributed by atoms with Crippen molar-refractivity contribution in [2.75, 3.05) is 5.32 Å². The Balaban J connectivity index is 1.77. The lowest BCUT2D eigenvalue weighted by atomic mass is 9.87. The number of ether oxygens (including phenoxy) is 1. The minimum atomic E-state index is -0.378. The zero-order chi connectivity index (χ0) is 15.6.